The van der Waals surface area contributed by atoms with Crippen molar-refractivity contribution < 1.29 is 14.3 Å². The third kappa shape index (κ3) is 6.65. The summed E-state index contributed by atoms with van der Waals surface area (Å²) in [6.07, 6.45) is 3.55. The van der Waals surface area contributed by atoms with E-state index in [2.05, 4.69) is 43.4 Å². The summed E-state index contributed by atoms with van der Waals surface area (Å²) < 4.78 is 5.48. The van der Waals surface area contributed by atoms with E-state index in [1.54, 1.807) is 0 Å². The lowest BCUT2D eigenvalue weighted by atomic mass is 9.85. The zero-order valence-electron chi connectivity index (χ0n) is 24.6. The highest BCUT2D eigenvalue weighted by atomic mass is 16.5. The second kappa shape index (κ2) is 12.1. The van der Waals surface area contributed by atoms with E-state index in [4.69, 9.17) is 10.5 Å². The van der Waals surface area contributed by atoms with Crippen molar-refractivity contribution in [3.8, 4) is 16.9 Å². The third-order valence-electron chi connectivity index (χ3n) is 7.81. The van der Waals surface area contributed by atoms with Crippen molar-refractivity contribution >= 4 is 23.2 Å². The van der Waals surface area contributed by atoms with Gasteiger partial charge in [-0.15, -0.1) is 0 Å². The maximum Gasteiger partial charge on any atom is 0.259 e. The number of nitrogens with zero attached hydrogens (tertiary/aromatic N) is 1. The second-order valence-electron chi connectivity index (χ2n) is 11.8. The maximum absolute atomic E-state index is 13.4. The number of rotatable bonds is 7. The van der Waals surface area contributed by atoms with Gasteiger partial charge in [-0.1, -0.05) is 45.4 Å². The number of nitrogens with one attached hydrogen (secondary N) is 2. The summed E-state index contributed by atoms with van der Waals surface area (Å²) in [6, 6.07) is 17.5. The Morgan fingerprint density at radius 2 is 1.75 bits per heavy atom. The molecule has 0 aromatic heterocycles. The highest BCUT2D eigenvalue weighted by molar-refractivity contribution is 6.07. The number of aryl methyl sites for hydroxylation is 1. The SMILES string of the molecule is COc1c(N)cc(C(C)(C)C)cc1C(=O)Nc1ccc(C)c(-c2ccc(C(=O)NCC3CCCCN3C)cc2)c1. The Bertz CT molecular complexity index is 1380. The normalized spacial score (nSPS) is 15.9. The Kier molecular flexibility index (Phi) is 8.84. The number of carbonyl (C=O) groups is 2. The van der Waals surface area contributed by atoms with Gasteiger partial charge in [-0.25, -0.2) is 0 Å². The van der Waals surface area contributed by atoms with Crippen molar-refractivity contribution in [3.63, 3.8) is 0 Å². The molecular weight excluding hydrogens is 500 g/mol. The van der Waals surface area contributed by atoms with Gasteiger partial charge in [-0.05, 0) is 97.4 Å². The highest BCUT2D eigenvalue weighted by Crippen LogP contribution is 2.34. The number of piperidine rings is 1. The van der Waals surface area contributed by atoms with Gasteiger partial charge in [-0.3, -0.25) is 9.59 Å². The van der Waals surface area contributed by atoms with Crippen molar-refractivity contribution in [2.75, 3.05) is 38.3 Å². The van der Waals surface area contributed by atoms with Crippen LogP contribution in [-0.2, 0) is 5.41 Å². The van der Waals surface area contributed by atoms with E-state index in [9.17, 15) is 9.59 Å². The summed E-state index contributed by atoms with van der Waals surface area (Å²) in [4.78, 5) is 28.5. The van der Waals surface area contributed by atoms with Crippen LogP contribution in [0, 0.1) is 6.92 Å². The van der Waals surface area contributed by atoms with E-state index in [1.165, 1.54) is 20.0 Å². The lowest BCUT2D eigenvalue weighted by Gasteiger charge is -2.32. The number of amides is 2. The summed E-state index contributed by atoms with van der Waals surface area (Å²) in [5, 5.41) is 6.11. The summed E-state index contributed by atoms with van der Waals surface area (Å²) in [7, 11) is 3.64. The first-order valence-electron chi connectivity index (χ1n) is 14.0. The Morgan fingerprint density at radius 3 is 2.40 bits per heavy atom. The molecule has 3 aromatic carbocycles. The van der Waals surface area contributed by atoms with E-state index in [1.807, 2.05) is 61.5 Å². The van der Waals surface area contributed by atoms with Crippen LogP contribution in [0.3, 0.4) is 0 Å². The van der Waals surface area contributed by atoms with Crippen LogP contribution in [0.25, 0.3) is 11.1 Å². The van der Waals surface area contributed by atoms with Gasteiger partial charge in [0.1, 0.15) is 0 Å². The number of likely N-dealkylation sites (N-methyl/N-ethyl adjacent to an activating group) is 1. The Morgan fingerprint density at radius 1 is 1.02 bits per heavy atom. The van der Waals surface area contributed by atoms with Gasteiger partial charge in [0.05, 0.1) is 18.4 Å². The van der Waals surface area contributed by atoms with Crippen LogP contribution in [0.15, 0.2) is 54.6 Å². The number of hydrogen-bond donors (Lipinski definition) is 3. The van der Waals surface area contributed by atoms with Crippen LogP contribution in [0.5, 0.6) is 5.75 Å². The minimum atomic E-state index is -0.292. The van der Waals surface area contributed by atoms with Crippen molar-refractivity contribution in [3.05, 3.63) is 76.9 Å². The maximum atomic E-state index is 13.4. The van der Waals surface area contributed by atoms with Crippen molar-refractivity contribution in [1.82, 2.24) is 10.2 Å². The largest absolute Gasteiger partial charge is 0.494 e. The van der Waals surface area contributed by atoms with Crippen molar-refractivity contribution in [2.24, 2.45) is 0 Å². The van der Waals surface area contributed by atoms with Crippen molar-refractivity contribution in [1.29, 1.82) is 0 Å². The van der Waals surface area contributed by atoms with Gasteiger partial charge < -0.3 is 26.0 Å². The zero-order valence-corrected chi connectivity index (χ0v) is 24.6. The molecule has 1 saturated heterocycles. The van der Waals surface area contributed by atoms with Gasteiger partial charge in [0.15, 0.2) is 5.75 Å². The summed E-state index contributed by atoms with van der Waals surface area (Å²) >= 11 is 0. The predicted molar refractivity (Wildman–Crippen MR) is 163 cm³/mol. The Balaban J connectivity index is 1.50. The summed E-state index contributed by atoms with van der Waals surface area (Å²) in [5.74, 6) is 0.0101. The molecule has 7 heteroatoms. The molecule has 0 bridgehead atoms. The topological polar surface area (TPSA) is 96.7 Å². The molecule has 0 radical (unpaired) electrons. The molecule has 1 fully saturated rings. The predicted octanol–water partition coefficient (Wildman–Crippen LogP) is 6.02. The lowest BCUT2D eigenvalue weighted by Crippen LogP contribution is -2.44. The first kappa shape index (κ1) is 29.2. The highest BCUT2D eigenvalue weighted by Gasteiger charge is 2.23. The smallest absolute Gasteiger partial charge is 0.259 e. The zero-order chi connectivity index (χ0) is 29.0. The summed E-state index contributed by atoms with van der Waals surface area (Å²) in [5.41, 5.74) is 12.1. The fraction of sp³-hybridized carbons (Fsp3) is 0.394. The molecule has 1 heterocycles. The molecule has 1 atom stereocenters. The fourth-order valence-electron chi connectivity index (χ4n) is 5.21. The van der Waals surface area contributed by atoms with E-state index >= 15 is 0 Å². The van der Waals surface area contributed by atoms with Gasteiger partial charge in [-0.2, -0.15) is 0 Å². The lowest BCUT2D eigenvalue weighted by molar-refractivity contribution is 0.0928. The monoisotopic (exact) mass is 542 g/mol. The van der Waals surface area contributed by atoms with Crippen LogP contribution in [0.1, 0.15) is 71.9 Å². The summed E-state index contributed by atoms with van der Waals surface area (Å²) in [6.45, 7) is 10.00. The number of carbonyl (C=O) groups excluding carboxylic acids is 2. The van der Waals surface area contributed by atoms with Gasteiger partial charge in [0.25, 0.3) is 11.8 Å². The van der Waals surface area contributed by atoms with E-state index in [0.29, 0.717) is 40.8 Å². The molecule has 212 valence electrons. The molecule has 3 aromatic rings. The number of nitrogen functional groups attached to an aromatic ring is 1. The molecule has 2 amide bonds. The van der Waals surface area contributed by atoms with Crippen LogP contribution in [0.2, 0.25) is 0 Å². The van der Waals surface area contributed by atoms with Crippen LogP contribution in [-0.4, -0.2) is 50.0 Å². The average molecular weight is 543 g/mol. The molecule has 1 aliphatic rings. The molecule has 4 N–H and O–H groups in total. The third-order valence-corrected chi connectivity index (χ3v) is 7.81. The molecule has 4 rings (SSSR count). The molecule has 0 saturated carbocycles. The second-order valence-corrected chi connectivity index (χ2v) is 11.8. The molecule has 0 aliphatic carbocycles. The van der Waals surface area contributed by atoms with Crippen LogP contribution >= 0.6 is 0 Å². The Labute approximate surface area is 238 Å². The number of nitrogens with two attached hydrogens (primary N) is 1. The number of anilines is 2. The first-order valence-corrected chi connectivity index (χ1v) is 14.0. The molecule has 1 unspecified atom stereocenters. The van der Waals surface area contributed by atoms with Gasteiger partial charge >= 0.3 is 0 Å². The number of ether oxygens (including phenoxy) is 1. The minimum absolute atomic E-state index is 0.0611. The minimum Gasteiger partial charge on any atom is -0.494 e. The standard InChI is InChI=1S/C33H42N4O3/c1-21-10-15-25(36-32(39)28-17-24(33(2,3)4)18-29(34)30(28)40-6)19-27(21)22-11-13-23(14-12-22)31(38)35-20-26-9-7-8-16-37(26)5/h10-15,17-19,26H,7-9,16,20,34H2,1-6H3,(H,35,38)(H,36,39). The quantitative estimate of drug-likeness (QED) is 0.318. The molecule has 40 heavy (non-hydrogen) atoms. The van der Waals surface area contributed by atoms with E-state index < -0.39 is 0 Å². The molecule has 7 nitrogen and oxygen atoms in total. The van der Waals surface area contributed by atoms with Crippen LogP contribution < -0.4 is 21.1 Å². The fourth-order valence-corrected chi connectivity index (χ4v) is 5.21. The van der Waals surface area contributed by atoms with Gasteiger partial charge in [0, 0.05) is 23.8 Å². The molecule has 0 spiro atoms. The average Bonchev–Trinajstić information content (AvgIpc) is 2.92. The Hall–Kier alpha value is -3.84. The molecule has 1 aliphatic heterocycles. The number of likely N-dealkylation sites (tertiary alicyclic amines) is 1. The number of hydrogen-bond acceptors (Lipinski definition) is 5. The van der Waals surface area contributed by atoms with Crippen molar-refractivity contribution in [2.45, 2.75) is 58.4 Å². The van der Waals surface area contributed by atoms with Crippen LogP contribution in [0.4, 0.5) is 11.4 Å². The number of benzene rings is 3. The van der Waals surface area contributed by atoms with E-state index in [-0.39, 0.29) is 17.2 Å². The first-order chi connectivity index (χ1) is 19.0. The molecular formula is C33H42N4O3. The van der Waals surface area contributed by atoms with Gasteiger partial charge in [0.2, 0.25) is 0 Å². The number of methoxy groups -OCH3 is 1. The van der Waals surface area contributed by atoms with E-state index in [0.717, 1.165) is 35.2 Å².